The van der Waals surface area contributed by atoms with E-state index in [1.807, 2.05) is 0 Å². The summed E-state index contributed by atoms with van der Waals surface area (Å²) in [7, 11) is 1.40. The van der Waals surface area contributed by atoms with Crippen molar-refractivity contribution in [1.29, 1.82) is 0 Å². The Morgan fingerprint density at radius 3 is 2.53 bits per heavy atom. The fourth-order valence-electron chi connectivity index (χ4n) is 1.10. The Labute approximate surface area is 98.7 Å². The Bertz CT molecular complexity index is 443. The molecule has 0 spiro atoms. The molecule has 6 nitrogen and oxygen atoms in total. The van der Waals surface area contributed by atoms with Gasteiger partial charge in [-0.15, -0.1) is 0 Å². The molecule has 0 saturated heterocycles. The summed E-state index contributed by atoms with van der Waals surface area (Å²) >= 11 is 0. The van der Waals surface area contributed by atoms with Crippen molar-refractivity contribution in [1.82, 2.24) is 0 Å². The highest BCUT2D eigenvalue weighted by atomic mass is 16.6. The standard InChI is InChI=1S/C11H14N2O4/c1-11(2,17-3)10(14)12-8-6-4-5-7-9(8)13(15)16/h4-7H,1-3H3,(H,12,14). The number of benzene rings is 1. The summed E-state index contributed by atoms with van der Waals surface area (Å²) in [5, 5.41) is 13.2. The average molecular weight is 238 g/mol. The lowest BCUT2D eigenvalue weighted by molar-refractivity contribution is -0.383. The molecule has 1 aromatic rings. The van der Waals surface area contributed by atoms with Crippen molar-refractivity contribution in [3.05, 3.63) is 34.4 Å². The van der Waals surface area contributed by atoms with Crippen LogP contribution in [0.1, 0.15) is 13.8 Å². The summed E-state index contributed by atoms with van der Waals surface area (Å²) in [5.41, 5.74) is -1.02. The van der Waals surface area contributed by atoms with E-state index in [4.69, 9.17) is 4.74 Å². The molecule has 1 N–H and O–H groups in total. The van der Waals surface area contributed by atoms with Gasteiger partial charge in [0.05, 0.1) is 4.92 Å². The van der Waals surface area contributed by atoms with Gasteiger partial charge in [0.1, 0.15) is 11.3 Å². The van der Waals surface area contributed by atoms with Crippen LogP contribution >= 0.6 is 0 Å². The number of nitrogens with zero attached hydrogens (tertiary/aromatic N) is 1. The zero-order valence-corrected chi connectivity index (χ0v) is 9.89. The van der Waals surface area contributed by atoms with Gasteiger partial charge in [-0.25, -0.2) is 0 Å². The first-order valence-corrected chi connectivity index (χ1v) is 4.98. The smallest absolute Gasteiger partial charge is 0.292 e. The fraction of sp³-hybridized carbons (Fsp3) is 0.364. The summed E-state index contributed by atoms with van der Waals surface area (Å²) in [6, 6.07) is 5.95. The predicted molar refractivity (Wildman–Crippen MR) is 62.8 cm³/mol. The molecule has 92 valence electrons. The monoisotopic (exact) mass is 238 g/mol. The van der Waals surface area contributed by atoms with Gasteiger partial charge in [0.2, 0.25) is 0 Å². The van der Waals surface area contributed by atoms with E-state index in [1.54, 1.807) is 19.9 Å². The van der Waals surface area contributed by atoms with Crippen LogP contribution in [-0.2, 0) is 9.53 Å². The molecule has 0 bridgehead atoms. The molecule has 0 unspecified atom stereocenters. The van der Waals surface area contributed by atoms with E-state index in [2.05, 4.69) is 5.32 Å². The van der Waals surface area contributed by atoms with Crippen LogP contribution in [0.15, 0.2) is 24.3 Å². The molecule has 0 aliphatic carbocycles. The molecule has 17 heavy (non-hydrogen) atoms. The number of carbonyl (C=O) groups is 1. The van der Waals surface area contributed by atoms with Crippen molar-refractivity contribution in [2.24, 2.45) is 0 Å². The first kappa shape index (κ1) is 13.1. The minimum atomic E-state index is -1.04. The summed E-state index contributed by atoms with van der Waals surface area (Å²) in [5.74, 6) is -0.436. The third-order valence-electron chi connectivity index (χ3n) is 2.41. The maximum absolute atomic E-state index is 11.8. The molecule has 6 heteroatoms. The molecule has 1 amide bonds. The molecule has 0 radical (unpaired) electrons. The maximum Gasteiger partial charge on any atom is 0.292 e. The lowest BCUT2D eigenvalue weighted by Gasteiger charge is -2.21. The second kappa shape index (κ2) is 4.92. The van der Waals surface area contributed by atoms with Crippen LogP contribution in [-0.4, -0.2) is 23.5 Å². The number of nitro benzene ring substituents is 1. The van der Waals surface area contributed by atoms with Crippen molar-refractivity contribution >= 4 is 17.3 Å². The van der Waals surface area contributed by atoms with E-state index in [9.17, 15) is 14.9 Å². The Kier molecular flexibility index (Phi) is 3.80. The average Bonchev–Trinajstić information content (AvgIpc) is 2.29. The second-order valence-corrected chi connectivity index (χ2v) is 3.94. The van der Waals surface area contributed by atoms with Crippen LogP contribution < -0.4 is 5.32 Å². The third-order valence-corrected chi connectivity index (χ3v) is 2.41. The lowest BCUT2D eigenvalue weighted by Crippen LogP contribution is -2.38. The number of amides is 1. The minimum absolute atomic E-state index is 0.146. The highest BCUT2D eigenvalue weighted by molar-refractivity contribution is 5.98. The molecule has 0 aliphatic heterocycles. The molecular weight excluding hydrogens is 224 g/mol. The Morgan fingerprint density at radius 1 is 1.41 bits per heavy atom. The van der Waals surface area contributed by atoms with Crippen LogP contribution in [0.2, 0.25) is 0 Å². The zero-order valence-electron chi connectivity index (χ0n) is 9.89. The first-order chi connectivity index (χ1) is 7.88. The number of anilines is 1. The molecule has 0 saturated carbocycles. The minimum Gasteiger partial charge on any atom is -0.369 e. The maximum atomic E-state index is 11.8. The number of carbonyl (C=O) groups excluding carboxylic acids is 1. The fourth-order valence-corrected chi connectivity index (χ4v) is 1.10. The van der Waals surface area contributed by atoms with E-state index in [0.29, 0.717) is 0 Å². The molecule has 0 atom stereocenters. The Morgan fingerprint density at radius 2 is 2.00 bits per heavy atom. The molecule has 0 aliphatic rings. The molecule has 0 heterocycles. The van der Waals surface area contributed by atoms with Gasteiger partial charge in [0.15, 0.2) is 0 Å². The highest BCUT2D eigenvalue weighted by Gasteiger charge is 2.28. The number of hydrogen-bond acceptors (Lipinski definition) is 4. The van der Waals surface area contributed by atoms with Gasteiger partial charge in [0, 0.05) is 13.2 Å². The number of methoxy groups -OCH3 is 1. The van der Waals surface area contributed by atoms with Crippen molar-refractivity contribution in [2.45, 2.75) is 19.4 Å². The van der Waals surface area contributed by atoms with Gasteiger partial charge in [-0.05, 0) is 19.9 Å². The van der Waals surface area contributed by atoms with E-state index < -0.39 is 16.4 Å². The lowest BCUT2D eigenvalue weighted by atomic mass is 10.1. The summed E-state index contributed by atoms with van der Waals surface area (Å²) in [6.45, 7) is 3.16. The molecule has 0 aromatic heterocycles. The van der Waals surface area contributed by atoms with Crippen LogP contribution in [0, 0.1) is 10.1 Å². The number of para-hydroxylation sites is 2. The van der Waals surface area contributed by atoms with Gasteiger partial charge in [-0.1, -0.05) is 12.1 Å². The number of hydrogen-bond donors (Lipinski definition) is 1. The first-order valence-electron chi connectivity index (χ1n) is 4.98. The highest BCUT2D eigenvalue weighted by Crippen LogP contribution is 2.24. The molecule has 1 aromatic carbocycles. The third kappa shape index (κ3) is 3.01. The van der Waals surface area contributed by atoms with Crippen LogP contribution in [0.3, 0.4) is 0 Å². The Balaban J connectivity index is 2.97. The van der Waals surface area contributed by atoms with Crippen LogP contribution in [0.5, 0.6) is 0 Å². The largest absolute Gasteiger partial charge is 0.369 e. The van der Waals surface area contributed by atoms with Gasteiger partial charge in [0.25, 0.3) is 11.6 Å². The van der Waals surface area contributed by atoms with Gasteiger partial charge in [-0.2, -0.15) is 0 Å². The number of rotatable bonds is 4. The van der Waals surface area contributed by atoms with Crippen molar-refractivity contribution < 1.29 is 14.5 Å². The van der Waals surface area contributed by atoms with Crippen LogP contribution in [0.4, 0.5) is 11.4 Å². The van der Waals surface area contributed by atoms with E-state index >= 15 is 0 Å². The van der Waals surface area contributed by atoms with Crippen molar-refractivity contribution in [2.75, 3.05) is 12.4 Å². The summed E-state index contributed by atoms with van der Waals surface area (Å²) < 4.78 is 4.99. The van der Waals surface area contributed by atoms with E-state index in [0.717, 1.165) is 0 Å². The van der Waals surface area contributed by atoms with Crippen molar-refractivity contribution in [3.63, 3.8) is 0 Å². The number of nitro groups is 1. The SMILES string of the molecule is COC(C)(C)C(=O)Nc1ccccc1[N+](=O)[O-]. The molecule has 1 rings (SSSR count). The van der Waals surface area contributed by atoms with Gasteiger partial charge < -0.3 is 10.1 Å². The number of nitrogens with one attached hydrogen (secondary N) is 1. The quantitative estimate of drug-likeness (QED) is 0.642. The van der Waals surface area contributed by atoms with E-state index in [1.165, 1.54) is 25.3 Å². The molecular formula is C11H14N2O4. The second-order valence-electron chi connectivity index (χ2n) is 3.94. The summed E-state index contributed by atoms with van der Waals surface area (Å²) in [4.78, 5) is 22.0. The summed E-state index contributed by atoms with van der Waals surface area (Å²) in [6.07, 6.45) is 0. The normalized spacial score (nSPS) is 11.0. The van der Waals surface area contributed by atoms with Gasteiger partial charge in [-0.3, -0.25) is 14.9 Å². The van der Waals surface area contributed by atoms with Crippen LogP contribution in [0.25, 0.3) is 0 Å². The zero-order chi connectivity index (χ0) is 13.1. The van der Waals surface area contributed by atoms with Crippen molar-refractivity contribution in [3.8, 4) is 0 Å². The van der Waals surface area contributed by atoms with Gasteiger partial charge >= 0.3 is 0 Å². The number of ether oxygens (including phenoxy) is 1. The van der Waals surface area contributed by atoms with E-state index in [-0.39, 0.29) is 11.4 Å². The predicted octanol–water partition coefficient (Wildman–Crippen LogP) is 1.96. The Hall–Kier alpha value is -1.95. The molecule has 0 fully saturated rings. The topological polar surface area (TPSA) is 81.5 Å².